The topological polar surface area (TPSA) is 112 Å². The molecule has 1 amide bonds. The van der Waals surface area contributed by atoms with E-state index in [0.29, 0.717) is 63.5 Å². The molecule has 0 spiro atoms. The number of rotatable bonds is 3. The zero-order valence-electron chi connectivity index (χ0n) is 19.2. The van der Waals surface area contributed by atoms with Gasteiger partial charge in [-0.25, -0.2) is 14.2 Å². The highest BCUT2D eigenvalue weighted by Crippen LogP contribution is 2.46. The third-order valence-corrected chi connectivity index (χ3v) is 8.62. The van der Waals surface area contributed by atoms with E-state index in [9.17, 15) is 19.5 Å². The number of benzene rings is 2. The number of piperazine rings is 1. The molecular weight excluding hydrogens is 544 g/mol. The standard InChI is InChI=1S/C24H18Cl2FN5O4S/c1-10-32-17-9-18(14(27)6-11(17)20(33)19(24(35)36)23(32)37-10)30-2-4-31(5-3-30)22(34)21-28-15-7-12(25)13(26)8-16(15)29-21/h6-10H,2-5H2,1H3,(H,28,29)(H,35,36). The summed E-state index contributed by atoms with van der Waals surface area (Å²) in [7, 11) is 0. The zero-order valence-corrected chi connectivity index (χ0v) is 21.5. The molecule has 4 heterocycles. The molecule has 2 N–H and O–H groups in total. The van der Waals surface area contributed by atoms with Crippen LogP contribution in [0, 0.1) is 5.82 Å². The van der Waals surface area contributed by atoms with Gasteiger partial charge in [0.05, 0.1) is 42.7 Å². The minimum absolute atomic E-state index is 0.0356. The number of nitrogens with one attached hydrogen (secondary N) is 1. The summed E-state index contributed by atoms with van der Waals surface area (Å²) in [5, 5.41) is 10.5. The number of thioether (sulfide) groups is 1. The highest BCUT2D eigenvalue weighted by Gasteiger charge is 2.34. The Morgan fingerprint density at radius 3 is 2.51 bits per heavy atom. The molecule has 6 rings (SSSR count). The number of anilines is 1. The lowest BCUT2D eigenvalue weighted by molar-refractivity contribution is 0.0687. The number of amides is 1. The number of halogens is 3. The third kappa shape index (κ3) is 3.75. The van der Waals surface area contributed by atoms with Gasteiger partial charge in [-0.15, -0.1) is 0 Å². The molecule has 0 radical (unpaired) electrons. The lowest BCUT2D eigenvalue weighted by Crippen LogP contribution is -2.49. The second-order valence-corrected chi connectivity index (χ2v) is 11.0. The molecule has 1 atom stereocenters. The van der Waals surface area contributed by atoms with Gasteiger partial charge in [0.25, 0.3) is 5.91 Å². The van der Waals surface area contributed by atoms with Crippen LogP contribution in [-0.4, -0.2) is 62.6 Å². The Hall–Kier alpha value is -3.28. The van der Waals surface area contributed by atoms with E-state index < -0.39 is 17.2 Å². The molecule has 0 aliphatic carbocycles. The first-order chi connectivity index (χ1) is 17.6. The smallest absolute Gasteiger partial charge is 0.342 e. The number of pyridine rings is 1. The molecule has 1 saturated heterocycles. The van der Waals surface area contributed by atoms with Gasteiger partial charge in [0.1, 0.15) is 11.4 Å². The fraction of sp³-hybridized carbons (Fsp3) is 0.250. The second-order valence-electron chi connectivity index (χ2n) is 8.87. The maximum absolute atomic E-state index is 15.2. The van der Waals surface area contributed by atoms with Crippen LogP contribution in [0.2, 0.25) is 10.0 Å². The van der Waals surface area contributed by atoms with E-state index in [0.717, 1.165) is 6.07 Å². The van der Waals surface area contributed by atoms with Crippen LogP contribution in [0.3, 0.4) is 0 Å². The Morgan fingerprint density at radius 1 is 1.14 bits per heavy atom. The summed E-state index contributed by atoms with van der Waals surface area (Å²) in [5.41, 5.74) is 0.895. The van der Waals surface area contributed by atoms with Crippen molar-refractivity contribution in [2.75, 3.05) is 31.1 Å². The summed E-state index contributed by atoms with van der Waals surface area (Å²) in [6, 6.07) is 5.92. The van der Waals surface area contributed by atoms with Crippen LogP contribution in [0.15, 0.2) is 34.1 Å². The van der Waals surface area contributed by atoms with Gasteiger partial charge in [-0.2, -0.15) is 0 Å². The van der Waals surface area contributed by atoms with Crippen LogP contribution in [0.25, 0.3) is 21.9 Å². The van der Waals surface area contributed by atoms with Gasteiger partial charge < -0.3 is 24.5 Å². The fourth-order valence-electron chi connectivity index (χ4n) is 4.87. The van der Waals surface area contributed by atoms with Crippen LogP contribution in [0.4, 0.5) is 10.1 Å². The van der Waals surface area contributed by atoms with Crippen molar-refractivity contribution in [1.29, 1.82) is 0 Å². The zero-order chi connectivity index (χ0) is 26.2. The summed E-state index contributed by atoms with van der Waals surface area (Å²) in [4.78, 5) is 48.3. The molecule has 9 nitrogen and oxygen atoms in total. The average molecular weight is 562 g/mol. The van der Waals surface area contributed by atoms with Crippen LogP contribution in [0.5, 0.6) is 0 Å². The van der Waals surface area contributed by atoms with Crippen molar-refractivity contribution in [2.45, 2.75) is 17.3 Å². The Morgan fingerprint density at radius 2 is 1.84 bits per heavy atom. The molecule has 13 heteroatoms. The molecule has 1 unspecified atom stereocenters. The number of aromatic carboxylic acids is 1. The normalized spacial score (nSPS) is 17.2. The third-order valence-electron chi connectivity index (χ3n) is 6.72. The Balaban J connectivity index is 1.27. The van der Waals surface area contributed by atoms with E-state index in [1.807, 2.05) is 11.8 Å². The summed E-state index contributed by atoms with van der Waals surface area (Å²) >= 11 is 13.4. The van der Waals surface area contributed by atoms with E-state index in [1.54, 1.807) is 27.7 Å². The van der Waals surface area contributed by atoms with Crippen molar-refractivity contribution in [1.82, 2.24) is 19.4 Å². The molecule has 2 aromatic carbocycles. The minimum Gasteiger partial charge on any atom is -0.477 e. The van der Waals surface area contributed by atoms with Gasteiger partial charge in [0.15, 0.2) is 5.82 Å². The van der Waals surface area contributed by atoms with Crippen molar-refractivity contribution in [3.63, 3.8) is 0 Å². The summed E-state index contributed by atoms with van der Waals surface area (Å²) < 4.78 is 17.0. The molecule has 2 aliphatic heterocycles. The number of carboxylic acids is 1. The lowest BCUT2D eigenvalue weighted by atomic mass is 10.1. The molecular formula is C24H18Cl2FN5O4S. The number of fused-ring (bicyclic) bond motifs is 4. The van der Waals surface area contributed by atoms with Gasteiger partial charge in [0, 0.05) is 31.6 Å². The quantitative estimate of drug-likeness (QED) is 0.375. The van der Waals surface area contributed by atoms with E-state index in [-0.39, 0.29) is 28.1 Å². The maximum Gasteiger partial charge on any atom is 0.342 e. The molecule has 4 aromatic rings. The molecule has 2 aliphatic rings. The number of nitrogens with zero attached hydrogens (tertiary/aromatic N) is 4. The van der Waals surface area contributed by atoms with E-state index >= 15 is 4.39 Å². The van der Waals surface area contributed by atoms with Gasteiger partial charge in [0.2, 0.25) is 5.43 Å². The van der Waals surface area contributed by atoms with E-state index in [2.05, 4.69) is 9.97 Å². The number of aromatic amines is 1. The number of hydrogen-bond acceptors (Lipinski definition) is 6. The maximum atomic E-state index is 15.2. The van der Waals surface area contributed by atoms with Crippen LogP contribution in [-0.2, 0) is 0 Å². The van der Waals surface area contributed by atoms with Gasteiger partial charge >= 0.3 is 5.97 Å². The Kier molecular flexibility index (Phi) is 5.62. The number of carbonyl (C=O) groups is 2. The minimum atomic E-state index is -1.32. The van der Waals surface area contributed by atoms with Gasteiger partial charge in [-0.1, -0.05) is 35.0 Å². The lowest BCUT2D eigenvalue weighted by Gasteiger charge is -2.37. The first kappa shape index (κ1) is 24.1. The van der Waals surface area contributed by atoms with Crippen molar-refractivity contribution in [2.24, 2.45) is 0 Å². The number of aromatic nitrogens is 3. The second kappa shape index (κ2) is 8.64. The van der Waals surface area contributed by atoms with Crippen molar-refractivity contribution in [3.05, 3.63) is 61.7 Å². The number of carboxylic acid groups (broad SMARTS) is 1. The number of carbonyl (C=O) groups excluding carboxylic acids is 1. The fourth-order valence-corrected chi connectivity index (χ4v) is 6.35. The van der Waals surface area contributed by atoms with Gasteiger partial charge in [-0.3, -0.25) is 9.59 Å². The molecule has 2 aromatic heterocycles. The van der Waals surface area contributed by atoms with E-state index in [1.165, 1.54) is 11.8 Å². The molecule has 190 valence electrons. The Labute approximate surface area is 222 Å². The van der Waals surface area contributed by atoms with E-state index in [4.69, 9.17) is 23.2 Å². The molecule has 0 bridgehead atoms. The summed E-state index contributed by atoms with van der Waals surface area (Å²) in [6.45, 7) is 3.27. The summed E-state index contributed by atoms with van der Waals surface area (Å²) in [5.74, 6) is -2.07. The highest BCUT2D eigenvalue weighted by atomic mass is 35.5. The highest BCUT2D eigenvalue weighted by molar-refractivity contribution is 8.00. The van der Waals surface area contributed by atoms with Crippen molar-refractivity contribution < 1.29 is 19.1 Å². The largest absolute Gasteiger partial charge is 0.477 e. The molecule has 1 fully saturated rings. The summed E-state index contributed by atoms with van der Waals surface area (Å²) in [6.07, 6.45) is 0. The van der Waals surface area contributed by atoms with Crippen molar-refractivity contribution in [3.8, 4) is 0 Å². The number of hydrogen-bond donors (Lipinski definition) is 2. The average Bonchev–Trinajstić information content (AvgIpc) is 3.26. The molecule has 37 heavy (non-hydrogen) atoms. The van der Waals surface area contributed by atoms with Crippen molar-refractivity contribution >= 4 is 74.5 Å². The SMILES string of the molecule is CC1Sc2c(C(=O)O)c(=O)c3cc(F)c(N4CCN(C(=O)c5nc6cc(Cl)c(Cl)cc6[nH]5)CC4)cc3n21. The number of H-pyrrole nitrogens is 1. The number of imidazole rings is 1. The predicted octanol–water partition coefficient (Wildman–Crippen LogP) is 4.61. The van der Waals surface area contributed by atoms with Crippen LogP contribution < -0.4 is 10.3 Å². The monoisotopic (exact) mass is 561 g/mol. The van der Waals surface area contributed by atoms with Crippen LogP contribution in [0.1, 0.15) is 33.3 Å². The first-order valence-corrected chi connectivity index (χ1v) is 13.0. The Bertz CT molecular complexity index is 1670. The first-order valence-electron chi connectivity index (χ1n) is 11.3. The van der Waals surface area contributed by atoms with Crippen LogP contribution >= 0.6 is 35.0 Å². The predicted molar refractivity (Wildman–Crippen MR) is 140 cm³/mol. The molecule has 0 saturated carbocycles. The van der Waals surface area contributed by atoms with Gasteiger partial charge in [-0.05, 0) is 31.2 Å².